The van der Waals surface area contributed by atoms with Crippen LogP contribution in [0.3, 0.4) is 0 Å². The number of azide groups is 1. The Morgan fingerprint density at radius 3 is 3.07 bits per heavy atom. The molecule has 0 aromatic rings. The average molecular weight is 193 g/mol. The molecule has 1 saturated carbocycles. The standard InChI is InChI=1S/C10H15N3O/c1-8(7-12-13-11)6-9-4-2-3-5-10(9)14/h9H,1-7H2. The summed E-state index contributed by atoms with van der Waals surface area (Å²) in [4.78, 5) is 14.1. The third kappa shape index (κ3) is 3.23. The van der Waals surface area contributed by atoms with Crippen LogP contribution in [0.15, 0.2) is 17.3 Å². The van der Waals surface area contributed by atoms with Crippen molar-refractivity contribution < 1.29 is 4.79 Å². The van der Waals surface area contributed by atoms with Crippen molar-refractivity contribution in [2.45, 2.75) is 32.1 Å². The molecule has 1 unspecified atom stereocenters. The molecule has 0 aliphatic heterocycles. The molecule has 0 radical (unpaired) electrons. The molecule has 1 rings (SSSR count). The predicted octanol–water partition coefficient (Wildman–Crippen LogP) is 3.00. The van der Waals surface area contributed by atoms with Crippen LogP contribution in [0.2, 0.25) is 0 Å². The fraction of sp³-hybridized carbons (Fsp3) is 0.700. The molecule has 0 spiro atoms. The molecule has 0 amide bonds. The molecule has 0 heterocycles. The maximum Gasteiger partial charge on any atom is 0.136 e. The Morgan fingerprint density at radius 1 is 1.64 bits per heavy atom. The van der Waals surface area contributed by atoms with Crippen molar-refractivity contribution in [3.8, 4) is 0 Å². The molecule has 4 nitrogen and oxygen atoms in total. The second-order valence-electron chi connectivity index (χ2n) is 3.75. The summed E-state index contributed by atoms with van der Waals surface area (Å²) < 4.78 is 0. The van der Waals surface area contributed by atoms with Crippen LogP contribution in [0.4, 0.5) is 0 Å². The van der Waals surface area contributed by atoms with Gasteiger partial charge in [-0.3, -0.25) is 4.79 Å². The predicted molar refractivity (Wildman–Crippen MR) is 54.7 cm³/mol. The second kappa shape index (κ2) is 5.45. The molecule has 4 heteroatoms. The van der Waals surface area contributed by atoms with Gasteiger partial charge in [0, 0.05) is 23.8 Å². The van der Waals surface area contributed by atoms with Crippen molar-refractivity contribution in [3.63, 3.8) is 0 Å². The van der Waals surface area contributed by atoms with Crippen LogP contribution in [0.25, 0.3) is 10.4 Å². The normalized spacial score (nSPS) is 21.4. The molecule has 1 aliphatic rings. The van der Waals surface area contributed by atoms with E-state index in [1.54, 1.807) is 0 Å². The Hall–Kier alpha value is -1.28. The Balaban J connectivity index is 2.38. The minimum absolute atomic E-state index is 0.130. The van der Waals surface area contributed by atoms with Crippen molar-refractivity contribution in [2.75, 3.05) is 6.54 Å². The van der Waals surface area contributed by atoms with E-state index in [1.807, 2.05) is 0 Å². The van der Waals surface area contributed by atoms with E-state index in [1.165, 1.54) is 0 Å². The molecule has 0 saturated heterocycles. The van der Waals surface area contributed by atoms with Gasteiger partial charge in [-0.2, -0.15) is 0 Å². The molecule has 0 bridgehead atoms. The van der Waals surface area contributed by atoms with Gasteiger partial charge in [-0.15, -0.1) is 0 Å². The largest absolute Gasteiger partial charge is 0.299 e. The zero-order chi connectivity index (χ0) is 10.4. The fourth-order valence-corrected chi connectivity index (χ4v) is 1.82. The first-order valence-electron chi connectivity index (χ1n) is 4.94. The first kappa shape index (κ1) is 10.8. The van der Waals surface area contributed by atoms with Gasteiger partial charge in [0.2, 0.25) is 0 Å². The molecular weight excluding hydrogens is 178 g/mol. The summed E-state index contributed by atoms with van der Waals surface area (Å²) in [5.74, 6) is 0.475. The maximum absolute atomic E-state index is 11.5. The monoisotopic (exact) mass is 193 g/mol. The van der Waals surface area contributed by atoms with Crippen molar-refractivity contribution in [1.29, 1.82) is 0 Å². The number of Topliss-reactive ketones (excluding diaryl/α,β-unsaturated/α-hetero) is 1. The van der Waals surface area contributed by atoms with Gasteiger partial charge in [0.15, 0.2) is 0 Å². The van der Waals surface area contributed by atoms with E-state index in [4.69, 9.17) is 5.53 Å². The van der Waals surface area contributed by atoms with Crippen LogP contribution in [0.1, 0.15) is 32.1 Å². The second-order valence-corrected chi connectivity index (χ2v) is 3.75. The third-order valence-electron chi connectivity index (χ3n) is 2.57. The number of ketones is 1. The van der Waals surface area contributed by atoms with Crippen molar-refractivity contribution in [3.05, 3.63) is 22.6 Å². The van der Waals surface area contributed by atoms with Gasteiger partial charge in [0.25, 0.3) is 0 Å². The highest BCUT2D eigenvalue weighted by Gasteiger charge is 2.22. The number of carbonyl (C=O) groups is 1. The molecule has 76 valence electrons. The Labute approximate surface area is 83.6 Å². The number of rotatable bonds is 4. The molecule has 14 heavy (non-hydrogen) atoms. The lowest BCUT2D eigenvalue weighted by molar-refractivity contribution is -0.124. The molecule has 0 aromatic heterocycles. The first-order valence-corrected chi connectivity index (χ1v) is 4.94. The lowest BCUT2D eigenvalue weighted by Gasteiger charge is -2.20. The maximum atomic E-state index is 11.5. The van der Waals surface area contributed by atoms with E-state index in [2.05, 4.69) is 16.6 Å². The topological polar surface area (TPSA) is 65.8 Å². The van der Waals surface area contributed by atoms with E-state index in [-0.39, 0.29) is 5.92 Å². The van der Waals surface area contributed by atoms with E-state index >= 15 is 0 Å². The van der Waals surface area contributed by atoms with Gasteiger partial charge in [0.1, 0.15) is 5.78 Å². The van der Waals surface area contributed by atoms with Crippen molar-refractivity contribution >= 4 is 5.78 Å². The quantitative estimate of drug-likeness (QED) is 0.293. The van der Waals surface area contributed by atoms with E-state index in [9.17, 15) is 4.79 Å². The molecule has 1 fully saturated rings. The molecule has 0 aromatic carbocycles. The van der Waals surface area contributed by atoms with Crippen LogP contribution < -0.4 is 0 Å². The number of nitrogens with zero attached hydrogens (tertiary/aromatic N) is 3. The Bertz CT molecular complexity index is 279. The molecule has 1 atom stereocenters. The highest BCUT2D eigenvalue weighted by atomic mass is 16.1. The average Bonchev–Trinajstić information content (AvgIpc) is 2.18. The molecule has 1 aliphatic carbocycles. The SMILES string of the molecule is C=C(CN=[N+]=[N-])CC1CCCCC1=O. The van der Waals surface area contributed by atoms with Crippen LogP contribution in [-0.2, 0) is 4.79 Å². The lowest BCUT2D eigenvalue weighted by Crippen LogP contribution is -2.19. The minimum atomic E-state index is 0.130. The summed E-state index contributed by atoms with van der Waals surface area (Å²) in [6, 6.07) is 0. The van der Waals surface area contributed by atoms with Crippen LogP contribution >= 0.6 is 0 Å². The summed E-state index contributed by atoms with van der Waals surface area (Å²) in [7, 11) is 0. The highest BCUT2D eigenvalue weighted by molar-refractivity contribution is 5.81. The van der Waals surface area contributed by atoms with Gasteiger partial charge < -0.3 is 0 Å². The van der Waals surface area contributed by atoms with Crippen molar-refractivity contribution in [1.82, 2.24) is 0 Å². The number of hydrogen-bond acceptors (Lipinski definition) is 2. The van der Waals surface area contributed by atoms with Gasteiger partial charge in [-0.1, -0.05) is 23.7 Å². The molecular formula is C10H15N3O. The van der Waals surface area contributed by atoms with Gasteiger partial charge in [0.05, 0.1) is 0 Å². The smallest absolute Gasteiger partial charge is 0.136 e. The van der Waals surface area contributed by atoms with Crippen LogP contribution in [0, 0.1) is 5.92 Å². The zero-order valence-corrected chi connectivity index (χ0v) is 8.28. The molecule has 0 N–H and O–H groups in total. The van der Waals surface area contributed by atoms with Gasteiger partial charge in [-0.25, -0.2) is 0 Å². The summed E-state index contributed by atoms with van der Waals surface area (Å²) in [6.45, 7) is 4.12. The number of hydrogen-bond donors (Lipinski definition) is 0. The van der Waals surface area contributed by atoms with Crippen molar-refractivity contribution in [2.24, 2.45) is 11.0 Å². The van der Waals surface area contributed by atoms with E-state index in [0.29, 0.717) is 25.2 Å². The fourth-order valence-electron chi connectivity index (χ4n) is 1.82. The van der Waals surface area contributed by atoms with Crippen LogP contribution in [0.5, 0.6) is 0 Å². The summed E-state index contributed by atoms with van der Waals surface area (Å²) in [6.07, 6.45) is 4.52. The minimum Gasteiger partial charge on any atom is -0.299 e. The van der Waals surface area contributed by atoms with Gasteiger partial charge in [-0.05, 0) is 24.8 Å². The number of carbonyl (C=O) groups excluding carboxylic acids is 1. The van der Waals surface area contributed by atoms with E-state index in [0.717, 1.165) is 24.8 Å². The summed E-state index contributed by atoms with van der Waals surface area (Å²) >= 11 is 0. The highest BCUT2D eigenvalue weighted by Crippen LogP contribution is 2.25. The Morgan fingerprint density at radius 2 is 2.43 bits per heavy atom. The summed E-state index contributed by atoms with van der Waals surface area (Å²) in [5.41, 5.74) is 8.99. The first-order chi connectivity index (χ1) is 6.74. The van der Waals surface area contributed by atoms with Gasteiger partial charge >= 0.3 is 0 Å². The Kier molecular flexibility index (Phi) is 4.20. The lowest BCUT2D eigenvalue weighted by atomic mass is 9.84. The van der Waals surface area contributed by atoms with E-state index < -0.39 is 0 Å². The zero-order valence-electron chi connectivity index (χ0n) is 8.28. The van der Waals surface area contributed by atoms with Crippen LogP contribution in [-0.4, -0.2) is 12.3 Å². The summed E-state index contributed by atoms with van der Waals surface area (Å²) in [5, 5.41) is 3.43. The third-order valence-corrected chi connectivity index (χ3v) is 2.57.